The Morgan fingerprint density at radius 3 is 2.71 bits per heavy atom. The summed E-state index contributed by atoms with van der Waals surface area (Å²) < 4.78 is 3.04. The first kappa shape index (κ1) is 17.6. The minimum atomic E-state index is -0.228. The Bertz CT molecular complexity index is 1200. The number of carbonyl (C=O) groups excluding carboxylic acids is 1. The zero-order valence-corrected chi connectivity index (χ0v) is 15.2. The lowest BCUT2D eigenvalue weighted by molar-refractivity contribution is -0.116. The van der Waals surface area contributed by atoms with Crippen LogP contribution in [0.2, 0.25) is 0 Å². The molecule has 0 saturated carbocycles. The third-order valence-electron chi connectivity index (χ3n) is 4.29. The van der Waals surface area contributed by atoms with Gasteiger partial charge in [-0.15, -0.1) is 0 Å². The Morgan fingerprint density at radius 1 is 1.11 bits per heavy atom. The lowest BCUT2D eigenvalue weighted by Gasteiger charge is -2.07. The zero-order valence-electron chi connectivity index (χ0n) is 15.2. The molecule has 4 aromatic rings. The molecule has 140 valence electrons. The number of hydrogen-bond acceptors (Lipinski definition) is 5. The summed E-state index contributed by atoms with van der Waals surface area (Å²) in [4.78, 5) is 33.5. The van der Waals surface area contributed by atoms with Crippen molar-refractivity contribution < 1.29 is 4.79 Å². The minimum absolute atomic E-state index is 0.134. The van der Waals surface area contributed by atoms with Gasteiger partial charge in [-0.3, -0.25) is 14.2 Å². The molecule has 0 atom stereocenters. The number of pyridine rings is 1. The smallest absolute Gasteiger partial charge is 0.264 e. The molecule has 0 bridgehead atoms. The van der Waals surface area contributed by atoms with Crippen LogP contribution >= 0.6 is 0 Å². The van der Waals surface area contributed by atoms with E-state index in [2.05, 4.69) is 20.4 Å². The first-order valence-corrected chi connectivity index (χ1v) is 8.84. The van der Waals surface area contributed by atoms with Crippen molar-refractivity contribution in [2.45, 2.75) is 19.9 Å². The summed E-state index contributed by atoms with van der Waals surface area (Å²) in [5.41, 5.74) is 1.90. The summed E-state index contributed by atoms with van der Waals surface area (Å²) in [5, 5.41) is 7.42. The quantitative estimate of drug-likeness (QED) is 0.578. The molecular formula is C20H18N6O2. The van der Waals surface area contributed by atoms with Crippen LogP contribution in [0, 0.1) is 6.92 Å². The van der Waals surface area contributed by atoms with Gasteiger partial charge >= 0.3 is 0 Å². The zero-order chi connectivity index (χ0) is 19.5. The summed E-state index contributed by atoms with van der Waals surface area (Å²) in [6.45, 7) is 2.07. The predicted molar refractivity (Wildman–Crippen MR) is 105 cm³/mol. The SMILES string of the molecule is Cc1cccc(NC(=O)CCn2cnc3c(cnn3-c3ccccc3)c2=O)n1. The summed E-state index contributed by atoms with van der Waals surface area (Å²) in [6, 6.07) is 14.9. The van der Waals surface area contributed by atoms with Crippen LogP contribution in [0.25, 0.3) is 16.7 Å². The number of nitrogens with one attached hydrogen (secondary N) is 1. The first-order chi connectivity index (χ1) is 13.6. The number of fused-ring (bicyclic) bond motifs is 1. The number of aromatic nitrogens is 5. The van der Waals surface area contributed by atoms with Crippen molar-refractivity contribution in [2.24, 2.45) is 0 Å². The van der Waals surface area contributed by atoms with Crippen LogP contribution in [0.3, 0.4) is 0 Å². The summed E-state index contributed by atoms with van der Waals surface area (Å²) >= 11 is 0. The summed E-state index contributed by atoms with van der Waals surface area (Å²) in [6.07, 6.45) is 3.09. The van der Waals surface area contributed by atoms with Gasteiger partial charge in [0.05, 0.1) is 18.2 Å². The molecule has 0 spiro atoms. The molecule has 28 heavy (non-hydrogen) atoms. The number of hydrogen-bond donors (Lipinski definition) is 1. The van der Waals surface area contributed by atoms with Crippen molar-refractivity contribution in [3.05, 3.63) is 77.1 Å². The van der Waals surface area contributed by atoms with Crippen molar-refractivity contribution in [3.63, 3.8) is 0 Å². The molecule has 0 radical (unpaired) electrons. The fraction of sp³-hybridized carbons (Fsp3) is 0.150. The number of carbonyl (C=O) groups is 1. The maximum absolute atomic E-state index is 12.7. The lowest BCUT2D eigenvalue weighted by atomic mass is 10.3. The van der Waals surface area contributed by atoms with E-state index in [1.54, 1.807) is 10.7 Å². The normalized spacial score (nSPS) is 10.9. The van der Waals surface area contributed by atoms with E-state index >= 15 is 0 Å². The highest BCUT2D eigenvalue weighted by molar-refractivity contribution is 5.89. The lowest BCUT2D eigenvalue weighted by Crippen LogP contribution is -2.23. The van der Waals surface area contributed by atoms with Crippen molar-refractivity contribution in [1.29, 1.82) is 0 Å². The van der Waals surface area contributed by atoms with Gasteiger partial charge in [0.2, 0.25) is 5.91 Å². The number of nitrogens with zero attached hydrogens (tertiary/aromatic N) is 5. The second-order valence-electron chi connectivity index (χ2n) is 6.33. The summed E-state index contributed by atoms with van der Waals surface area (Å²) in [7, 11) is 0. The molecule has 8 nitrogen and oxygen atoms in total. The number of anilines is 1. The van der Waals surface area contributed by atoms with Crippen LogP contribution in [0.5, 0.6) is 0 Å². The van der Waals surface area contributed by atoms with E-state index < -0.39 is 0 Å². The molecule has 1 amide bonds. The fourth-order valence-corrected chi connectivity index (χ4v) is 2.91. The Hall–Kier alpha value is -3.81. The number of aryl methyl sites for hydroxylation is 2. The third kappa shape index (κ3) is 3.52. The van der Waals surface area contributed by atoms with Gasteiger partial charge in [-0.1, -0.05) is 24.3 Å². The highest BCUT2D eigenvalue weighted by Gasteiger charge is 2.12. The fourth-order valence-electron chi connectivity index (χ4n) is 2.91. The van der Waals surface area contributed by atoms with Gasteiger partial charge in [-0.05, 0) is 31.2 Å². The Balaban J connectivity index is 1.51. The molecule has 1 aromatic carbocycles. The van der Waals surface area contributed by atoms with E-state index in [9.17, 15) is 9.59 Å². The first-order valence-electron chi connectivity index (χ1n) is 8.84. The molecule has 0 aliphatic heterocycles. The molecule has 0 saturated heterocycles. The van der Waals surface area contributed by atoms with Crippen LogP contribution in [0.1, 0.15) is 12.1 Å². The Kier molecular flexibility index (Phi) is 4.67. The maximum Gasteiger partial charge on any atom is 0.264 e. The molecule has 0 unspecified atom stereocenters. The highest BCUT2D eigenvalue weighted by Crippen LogP contribution is 2.13. The standard InChI is InChI=1S/C20H18N6O2/c1-14-6-5-9-17(23-14)24-18(27)10-11-25-13-21-19-16(20(25)28)12-22-26(19)15-7-3-2-4-8-15/h2-9,12-13H,10-11H2,1H3,(H,23,24,27). The van der Waals surface area contributed by atoms with Crippen LogP contribution in [0.4, 0.5) is 5.82 Å². The van der Waals surface area contributed by atoms with Crippen molar-refractivity contribution in [2.75, 3.05) is 5.32 Å². The van der Waals surface area contributed by atoms with Gasteiger partial charge in [0.1, 0.15) is 11.2 Å². The average molecular weight is 374 g/mol. The molecular weight excluding hydrogens is 356 g/mol. The van der Waals surface area contributed by atoms with E-state index in [0.717, 1.165) is 11.4 Å². The van der Waals surface area contributed by atoms with Gasteiger partial charge in [0.25, 0.3) is 5.56 Å². The molecule has 1 N–H and O–H groups in total. The van der Waals surface area contributed by atoms with Crippen molar-refractivity contribution in [3.8, 4) is 5.69 Å². The largest absolute Gasteiger partial charge is 0.311 e. The maximum atomic E-state index is 12.7. The van der Waals surface area contributed by atoms with Crippen molar-refractivity contribution in [1.82, 2.24) is 24.3 Å². The van der Waals surface area contributed by atoms with Crippen LogP contribution in [0.15, 0.2) is 65.8 Å². The van der Waals surface area contributed by atoms with Gasteiger partial charge < -0.3 is 5.32 Å². The van der Waals surface area contributed by atoms with E-state index in [1.165, 1.54) is 17.1 Å². The van der Waals surface area contributed by atoms with E-state index in [4.69, 9.17) is 0 Å². The molecule has 0 fully saturated rings. The van der Waals surface area contributed by atoms with Crippen LogP contribution in [-0.2, 0) is 11.3 Å². The molecule has 8 heteroatoms. The molecule has 0 aliphatic carbocycles. The number of amides is 1. The topological polar surface area (TPSA) is 94.7 Å². The average Bonchev–Trinajstić information content (AvgIpc) is 3.13. The van der Waals surface area contributed by atoms with Crippen LogP contribution < -0.4 is 10.9 Å². The monoisotopic (exact) mass is 374 g/mol. The second kappa shape index (κ2) is 7.43. The number of rotatable bonds is 5. The molecule has 4 rings (SSSR count). The van der Waals surface area contributed by atoms with Crippen molar-refractivity contribution >= 4 is 22.8 Å². The van der Waals surface area contributed by atoms with Gasteiger partial charge in [0.15, 0.2) is 5.65 Å². The second-order valence-corrected chi connectivity index (χ2v) is 6.33. The number of para-hydroxylation sites is 1. The van der Waals surface area contributed by atoms with E-state index in [-0.39, 0.29) is 24.4 Å². The van der Waals surface area contributed by atoms with E-state index in [0.29, 0.717) is 16.9 Å². The minimum Gasteiger partial charge on any atom is -0.311 e. The number of benzene rings is 1. The molecule has 3 heterocycles. The molecule has 0 aliphatic rings. The van der Waals surface area contributed by atoms with Gasteiger partial charge in [0, 0.05) is 18.7 Å². The van der Waals surface area contributed by atoms with Crippen LogP contribution in [-0.4, -0.2) is 30.2 Å². The third-order valence-corrected chi connectivity index (χ3v) is 4.29. The molecule has 3 aromatic heterocycles. The predicted octanol–water partition coefficient (Wildman–Crippen LogP) is 2.31. The van der Waals surface area contributed by atoms with Gasteiger partial charge in [-0.25, -0.2) is 14.6 Å². The summed E-state index contributed by atoms with van der Waals surface area (Å²) in [5.74, 6) is 0.278. The Morgan fingerprint density at radius 2 is 1.93 bits per heavy atom. The van der Waals surface area contributed by atoms with Gasteiger partial charge in [-0.2, -0.15) is 5.10 Å². The highest BCUT2D eigenvalue weighted by atomic mass is 16.2. The Labute approximate surface area is 160 Å². The van der Waals surface area contributed by atoms with E-state index in [1.807, 2.05) is 49.4 Å².